The molecule has 0 bridgehead atoms. The Morgan fingerprint density at radius 3 is 2.55 bits per heavy atom. The fourth-order valence-electron chi connectivity index (χ4n) is 1.98. The molecule has 116 valence electrons. The minimum absolute atomic E-state index is 0.137. The molecule has 1 fully saturated rings. The van der Waals surface area contributed by atoms with Crippen molar-refractivity contribution in [2.75, 3.05) is 33.9 Å². The predicted octanol–water partition coefficient (Wildman–Crippen LogP) is -0.0728. The van der Waals surface area contributed by atoms with Crippen molar-refractivity contribution in [1.82, 2.24) is 10.2 Å². The van der Waals surface area contributed by atoms with E-state index in [4.69, 9.17) is 4.74 Å². The van der Waals surface area contributed by atoms with Crippen LogP contribution in [0.25, 0.3) is 0 Å². The minimum atomic E-state index is -4.99. The molecule has 1 amide bonds. The lowest BCUT2D eigenvalue weighted by atomic mass is 10.2. The molecule has 1 heterocycles. The van der Waals surface area contributed by atoms with E-state index in [2.05, 4.69) is 10.1 Å². The van der Waals surface area contributed by atoms with Gasteiger partial charge in [0, 0.05) is 13.6 Å². The van der Waals surface area contributed by atoms with Gasteiger partial charge in [-0.25, -0.2) is 4.79 Å². The summed E-state index contributed by atoms with van der Waals surface area (Å²) in [5, 5.41) is 2.53. The van der Waals surface area contributed by atoms with Crippen LogP contribution in [-0.2, 0) is 19.1 Å². The fourth-order valence-corrected chi connectivity index (χ4v) is 1.98. The fraction of sp³-hybridized carbons (Fsp3) is 0.818. The molecule has 9 heteroatoms. The summed E-state index contributed by atoms with van der Waals surface area (Å²) in [4.78, 5) is 23.7. The number of likely N-dealkylation sites (tertiary alicyclic amines) is 1. The number of esters is 1. The van der Waals surface area contributed by atoms with Crippen molar-refractivity contribution < 1.29 is 32.2 Å². The topological polar surface area (TPSA) is 67.9 Å². The summed E-state index contributed by atoms with van der Waals surface area (Å²) in [7, 11) is 3.29. The van der Waals surface area contributed by atoms with Crippen LogP contribution in [0.15, 0.2) is 0 Å². The van der Waals surface area contributed by atoms with Gasteiger partial charge >= 0.3 is 12.1 Å². The second kappa shape index (κ2) is 6.89. The average Bonchev–Trinajstić information content (AvgIpc) is 2.73. The molecule has 0 aromatic heterocycles. The molecule has 0 aliphatic carbocycles. The molecule has 1 N–H and O–H groups in total. The molecule has 1 saturated heterocycles. The average molecular weight is 298 g/mol. The van der Waals surface area contributed by atoms with Crippen LogP contribution < -0.4 is 5.32 Å². The van der Waals surface area contributed by atoms with Crippen molar-refractivity contribution in [2.24, 2.45) is 0 Å². The normalized spacial score (nSPS) is 23.6. The van der Waals surface area contributed by atoms with E-state index in [-0.39, 0.29) is 24.7 Å². The van der Waals surface area contributed by atoms with Gasteiger partial charge in [-0.3, -0.25) is 9.69 Å². The van der Waals surface area contributed by atoms with Crippen LogP contribution in [0, 0.1) is 0 Å². The molecule has 0 aromatic carbocycles. The number of likely N-dealkylation sites (N-methyl/N-ethyl adjacent to an activating group) is 2. The second-order valence-corrected chi connectivity index (χ2v) is 4.43. The highest BCUT2D eigenvalue weighted by Crippen LogP contribution is 2.19. The number of ether oxygens (including phenoxy) is 2. The van der Waals surface area contributed by atoms with Crippen LogP contribution in [0.5, 0.6) is 0 Å². The summed E-state index contributed by atoms with van der Waals surface area (Å²) < 4.78 is 44.8. The van der Waals surface area contributed by atoms with E-state index in [0.29, 0.717) is 13.0 Å². The molecule has 0 spiro atoms. The van der Waals surface area contributed by atoms with Gasteiger partial charge in [0.25, 0.3) is 0 Å². The first-order valence-electron chi connectivity index (χ1n) is 6.03. The molecule has 1 aliphatic rings. The first kappa shape index (κ1) is 16.7. The quantitative estimate of drug-likeness (QED) is 0.568. The number of alkyl halides is 3. The molecule has 20 heavy (non-hydrogen) atoms. The van der Waals surface area contributed by atoms with Crippen LogP contribution in [0.2, 0.25) is 0 Å². The third-order valence-electron chi connectivity index (χ3n) is 2.96. The highest BCUT2D eigenvalue weighted by atomic mass is 19.4. The Bertz CT molecular complexity index is 362. The number of amides is 1. The van der Waals surface area contributed by atoms with Crippen LogP contribution in [0.3, 0.4) is 0 Å². The first-order valence-corrected chi connectivity index (χ1v) is 6.03. The van der Waals surface area contributed by atoms with E-state index in [1.807, 2.05) is 0 Å². The van der Waals surface area contributed by atoms with Gasteiger partial charge in [0.05, 0.1) is 18.8 Å². The summed E-state index contributed by atoms with van der Waals surface area (Å²) in [6, 6.07) is -0.317. The first-order chi connectivity index (χ1) is 9.25. The van der Waals surface area contributed by atoms with Gasteiger partial charge in [-0.05, 0) is 13.5 Å². The van der Waals surface area contributed by atoms with Gasteiger partial charge < -0.3 is 14.8 Å². The van der Waals surface area contributed by atoms with Gasteiger partial charge in [0.15, 0.2) is 0 Å². The SMILES string of the molecule is CNC(=O)[C@@H]1C[C@@H](OCCOC(=O)C(F)(F)F)CN1C. The van der Waals surface area contributed by atoms with Crippen LogP contribution >= 0.6 is 0 Å². The minimum Gasteiger partial charge on any atom is -0.457 e. The number of hydrogen-bond donors (Lipinski definition) is 1. The molecule has 0 radical (unpaired) electrons. The molecule has 2 atom stereocenters. The zero-order chi connectivity index (χ0) is 15.3. The number of carbonyl (C=O) groups is 2. The number of rotatable bonds is 5. The van der Waals surface area contributed by atoms with Crippen LogP contribution in [-0.4, -0.2) is 69.0 Å². The predicted molar refractivity (Wildman–Crippen MR) is 61.9 cm³/mol. The summed E-state index contributed by atoms with van der Waals surface area (Å²) in [6.07, 6.45) is -4.81. The molecule has 0 saturated carbocycles. The second-order valence-electron chi connectivity index (χ2n) is 4.43. The number of nitrogens with one attached hydrogen (secondary N) is 1. The van der Waals surface area contributed by atoms with E-state index in [1.54, 1.807) is 11.9 Å². The monoisotopic (exact) mass is 298 g/mol. The Hall–Kier alpha value is -1.35. The van der Waals surface area contributed by atoms with E-state index in [9.17, 15) is 22.8 Å². The summed E-state index contributed by atoms with van der Waals surface area (Å²) in [5.41, 5.74) is 0. The summed E-state index contributed by atoms with van der Waals surface area (Å²) in [6.45, 7) is -0.116. The van der Waals surface area contributed by atoms with Crippen molar-refractivity contribution in [1.29, 1.82) is 0 Å². The number of carbonyl (C=O) groups excluding carboxylic acids is 2. The number of nitrogens with zero attached hydrogens (tertiary/aromatic N) is 1. The lowest BCUT2D eigenvalue weighted by molar-refractivity contribution is -0.201. The lowest BCUT2D eigenvalue weighted by Crippen LogP contribution is -2.39. The molecule has 1 rings (SSSR count). The zero-order valence-corrected chi connectivity index (χ0v) is 11.2. The Kier molecular flexibility index (Phi) is 5.75. The van der Waals surface area contributed by atoms with Gasteiger partial charge in [-0.15, -0.1) is 0 Å². The number of hydrogen-bond acceptors (Lipinski definition) is 5. The van der Waals surface area contributed by atoms with Crippen molar-refractivity contribution in [3.8, 4) is 0 Å². The van der Waals surface area contributed by atoms with Crippen molar-refractivity contribution in [2.45, 2.75) is 24.7 Å². The maximum Gasteiger partial charge on any atom is 0.490 e. The smallest absolute Gasteiger partial charge is 0.457 e. The molecule has 0 aromatic rings. The maximum absolute atomic E-state index is 11.8. The largest absolute Gasteiger partial charge is 0.490 e. The van der Waals surface area contributed by atoms with Crippen molar-refractivity contribution in [3.05, 3.63) is 0 Å². The Morgan fingerprint density at radius 1 is 1.35 bits per heavy atom. The van der Waals surface area contributed by atoms with Gasteiger partial charge in [-0.2, -0.15) is 13.2 Å². The third kappa shape index (κ3) is 4.64. The Balaban J connectivity index is 2.24. The highest BCUT2D eigenvalue weighted by molar-refractivity contribution is 5.81. The molecular weight excluding hydrogens is 281 g/mol. The molecular formula is C11H17F3N2O4. The van der Waals surface area contributed by atoms with Gasteiger partial charge in [-0.1, -0.05) is 0 Å². The maximum atomic E-state index is 11.8. The van der Waals surface area contributed by atoms with Crippen LogP contribution in [0.4, 0.5) is 13.2 Å². The van der Waals surface area contributed by atoms with Crippen molar-refractivity contribution in [3.63, 3.8) is 0 Å². The van der Waals surface area contributed by atoms with E-state index >= 15 is 0 Å². The van der Waals surface area contributed by atoms with E-state index < -0.39 is 18.8 Å². The van der Waals surface area contributed by atoms with Gasteiger partial charge in [0.1, 0.15) is 6.61 Å². The standard InChI is InChI=1S/C11H17F3N2O4/c1-15-9(17)8-5-7(6-16(8)2)19-3-4-20-10(18)11(12,13)14/h7-8H,3-6H2,1-2H3,(H,15,17)/t7-,8+/m1/s1. The molecule has 6 nitrogen and oxygen atoms in total. The van der Waals surface area contributed by atoms with Crippen LogP contribution in [0.1, 0.15) is 6.42 Å². The third-order valence-corrected chi connectivity index (χ3v) is 2.96. The van der Waals surface area contributed by atoms with Crippen molar-refractivity contribution >= 4 is 11.9 Å². The highest BCUT2D eigenvalue weighted by Gasteiger charge is 2.41. The summed E-state index contributed by atoms with van der Waals surface area (Å²) >= 11 is 0. The summed E-state index contributed by atoms with van der Waals surface area (Å²) in [5.74, 6) is -2.37. The zero-order valence-electron chi connectivity index (χ0n) is 11.2. The Morgan fingerprint density at radius 2 is 2.00 bits per heavy atom. The van der Waals surface area contributed by atoms with Gasteiger partial charge in [0.2, 0.25) is 5.91 Å². The number of halogens is 3. The Labute approximate surface area is 114 Å². The lowest BCUT2D eigenvalue weighted by Gasteiger charge is -2.16. The molecule has 0 unspecified atom stereocenters. The van der Waals surface area contributed by atoms with E-state index in [1.165, 1.54) is 7.05 Å². The molecule has 1 aliphatic heterocycles. The van der Waals surface area contributed by atoms with E-state index in [0.717, 1.165) is 0 Å².